The molecular formula is C28H38N4O3. The summed E-state index contributed by atoms with van der Waals surface area (Å²) in [6.07, 6.45) is 5.80. The molecule has 0 saturated carbocycles. The first kappa shape index (κ1) is 24.1. The lowest BCUT2D eigenvalue weighted by Gasteiger charge is -2.30. The number of aromatic nitrogens is 1. The molecule has 35 heavy (non-hydrogen) atoms. The van der Waals surface area contributed by atoms with Crippen LogP contribution < -0.4 is 10.2 Å². The lowest BCUT2D eigenvalue weighted by Crippen LogP contribution is -2.36. The molecule has 3 aliphatic heterocycles. The Morgan fingerprint density at radius 2 is 2.09 bits per heavy atom. The summed E-state index contributed by atoms with van der Waals surface area (Å²) in [5, 5.41) is 13.1. The number of carboxylic acids is 1. The Morgan fingerprint density at radius 1 is 1.20 bits per heavy atom. The summed E-state index contributed by atoms with van der Waals surface area (Å²) in [5.41, 5.74) is 4.83. The predicted octanol–water partition coefficient (Wildman–Crippen LogP) is 3.79. The number of fused-ring (bicyclic) bond motifs is 1. The Labute approximate surface area is 208 Å². The van der Waals surface area contributed by atoms with Gasteiger partial charge in [-0.05, 0) is 73.9 Å². The minimum Gasteiger partial charge on any atom is -0.481 e. The number of nitrogens with zero attached hydrogens (tertiary/aromatic N) is 3. The molecule has 0 spiro atoms. The fourth-order valence-electron chi connectivity index (χ4n) is 5.78. The summed E-state index contributed by atoms with van der Waals surface area (Å²) in [6, 6.07) is 12.9. The van der Waals surface area contributed by atoms with Crippen LogP contribution in [0, 0.1) is 5.92 Å². The van der Waals surface area contributed by atoms with E-state index in [0.717, 1.165) is 83.1 Å². The van der Waals surface area contributed by atoms with Crippen LogP contribution in [0.25, 0.3) is 0 Å². The van der Waals surface area contributed by atoms with E-state index in [-0.39, 0.29) is 12.3 Å². The lowest BCUT2D eigenvalue weighted by molar-refractivity contribution is -0.137. The van der Waals surface area contributed by atoms with Crippen LogP contribution in [0.2, 0.25) is 0 Å². The largest absolute Gasteiger partial charge is 0.481 e. The molecule has 0 bridgehead atoms. The van der Waals surface area contributed by atoms with Crippen LogP contribution in [-0.2, 0) is 22.4 Å². The molecule has 4 heterocycles. The Morgan fingerprint density at radius 3 is 2.94 bits per heavy atom. The summed E-state index contributed by atoms with van der Waals surface area (Å²) in [7, 11) is 0. The number of likely N-dealkylation sites (tertiary alicyclic amines) is 1. The molecule has 7 heteroatoms. The number of hydrogen-bond acceptors (Lipinski definition) is 6. The van der Waals surface area contributed by atoms with Gasteiger partial charge in [-0.25, -0.2) is 4.98 Å². The molecule has 1 aromatic heterocycles. The number of carbonyl (C=O) groups is 1. The van der Waals surface area contributed by atoms with Gasteiger partial charge in [0.15, 0.2) is 0 Å². The summed E-state index contributed by atoms with van der Waals surface area (Å²) in [5.74, 6) is 0.999. The quantitative estimate of drug-likeness (QED) is 0.568. The van der Waals surface area contributed by atoms with E-state index < -0.39 is 5.97 Å². The van der Waals surface area contributed by atoms with Gasteiger partial charge in [-0.2, -0.15) is 0 Å². The maximum Gasteiger partial charge on any atom is 0.304 e. The van der Waals surface area contributed by atoms with Crippen LogP contribution in [0.1, 0.15) is 48.4 Å². The van der Waals surface area contributed by atoms with Gasteiger partial charge in [0.2, 0.25) is 0 Å². The molecule has 1 aromatic carbocycles. The maximum atomic E-state index is 11.7. The molecule has 2 N–H and O–H groups in total. The smallest absolute Gasteiger partial charge is 0.304 e. The van der Waals surface area contributed by atoms with Gasteiger partial charge in [0.1, 0.15) is 5.82 Å². The van der Waals surface area contributed by atoms with Gasteiger partial charge >= 0.3 is 5.97 Å². The third-order valence-corrected chi connectivity index (χ3v) is 7.75. The van der Waals surface area contributed by atoms with Gasteiger partial charge in [-0.3, -0.25) is 4.79 Å². The van der Waals surface area contributed by atoms with E-state index in [9.17, 15) is 9.90 Å². The second-order valence-corrected chi connectivity index (χ2v) is 10.3. The second-order valence-electron chi connectivity index (χ2n) is 10.3. The molecule has 188 valence electrons. The van der Waals surface area contributed by atoms with Crippen molar-refractivity contribution in [1.82, 2.24) is 9.88 Å². The number of hydrogen-bond donors (Lipinski definition) is 2. The van der Waals surface area contributed by atoms with E-state index in [0.29, 0.717) is 5.92 Å². The lowest BCUT2D eigenvalue weighted by atomic mass is 9.94. The van der Waals surface area contributed by atoms with Crippen molar-refractivity contribution in [2.45, 2.75) is 44.4 Å². The molecule has 2 fully saturated rings. The zero-order valence-corrected chi connectivity index (χ0v) is 20.6. The number of nitrogens with one attached hydrogen (secondary N) is 1. The minimum absolute atomic E-state index is 0.000581. The zero-order chi connectivity index (χ0) is 24.0. The fourth-order valence-corrected chi connectivity index (χ4v) is 5.78. The SMILES string of the molecule is O=C(O)CC(CN1CC[C@@H](CCc2ccc3c(n2)NCCC3)C1)c1cccc(N2CCOCC2)c1. The maximum absolute atomic E-state index is 11.7. The summed E-state index contributed by atoms with van der Waals surface area (Å²) >= 11 is 0. The van der Waals surface area contributed by atoms with Crippen LogP contribution in [-0.4, -0.2) is 73.4 Å². The molecule has 3 aliphatic rings. The number of rotatable bonds is 9. The summed E-state index contributed by atoms with van der Waals surface area (Å²) in [4.78, 5) is 21.4. The van der Waals surface area contributed by atoms with Crippen LogP contribution in [0.3, 0.4) is 0 Å². The number of anilines is 2. The molecule has 2 atom stereocenters. The average Bonchev–Trinajstić information content (AvgIpc) is 3.34. The molecule has 5 rings (SSSR count). The highest BCUT2D eigenvalue weighted by atomic mass is 16.5. The Bertz CT molecular complexity index is 1010. The van der Waals surface area contributed by atoms with Gasteiger partial charge in [0, 0.05) is 50.0 Å². The number of aryl methyl sites for hydroxylation is 2. The van der Waals surface area contributed by atoms with Gasteiger partial charge in [0.25, 0.3) is 0 Å². The molecule has 2 aromatic rings. The molecule has 7 nitrogen and oxygen atoms in total. The highest BCUT2D eigenvalue weighted by molar-refractivity contribution is 5.68. The third kappa shape index (κ3) is 6.33. The van der Waals surface area contributed by atoms with Crippen molar-refractivity contribution in [2.24, 2.45) is 5.92 Å². The van der Waals surface area contributed by atoms with Crippen molar-refractivity contribution < 1.29 is 14.6 Å². The first-order valence-electron chi connectivity index (χ1n) is 13.2. The monoisotopic (exact) mass is 478 g/mol. The van der Waals surface area contributed by atoms with Crippen LogP contribution in [0.15, 0.2) is 36.4 Å². The van der Waals surface area contributed by atoms with E-state index in [2.05, 4.69) is 51.5 Å². The Balaban J connectivity index is 1.17. The van der Waals surface area contributed by atoms with E-state index in [1.165, 1.54) is 29.8 Å². The molecule has 2 saturated heterocycles. The highest BCUT2D eigenvalue weighted by Crippen LogP contribution is 2.30. The topological polar surface area (TPSA) is 77.9 Å². The second kappa shape index (κ2) is 11.4. The minimum atomic E-state index is -0.727. The van der Waals surface area contributed by atoms with Crippen LogP contribution >= 0.6 is 0 Å². The van der Waals surface area contributed by atoms with E-state index >= 15 is 0 Å². The normalized spacial score (nSPS) is 21.4. The van der Waals surface area contributed by atoms with Crippen molar-refractivity contribution in [2.75, 3.05) is 62.7 Å². The fraction of sp³-hybridized carbons (Fsp3) is 0.571. The van der Waals surface area contributed by atoms with Crippen molar-refractivity contribution in [1.29, 1.82) is 0 Å². The number of ether oxygens (including phenoxy) is 1. The van der Waals surface area contributed by atoms with E-state index in [1.54, 1.807) is 0 Å². The van der Waals surface area contributed by atoms with Crippen molar-refractivity contribution >= 4 is 17.5 Å². The summed E-state index contributed by atoms with van der Waals surface area (Å²) < 4.78 is 5.49. The highest BCUT2D eigenvalue weighted by Gasteiger charge is 2.27. The first-order valence-corrected chi connectivity index (χ1v) is 13.2. The predicted molar refractivity (Wildman–Crippen MR) is 138 cm³/mol. The van der Waals surface area contributed by atoms with Crippen molar-refractivity contribution in [3.05, 3.63) is 53.2 Å². The van der Waals surface area contributed by atoms with Gasteiger partial charge in [-0.15, -0.1) is 0 Å². The van der Waals surface area contributed by atoms with E-state index in [4.69, 9.17) is 9.72 Å². The molecule has 0 amide bonds. The van der Waals surface area contributed by atoms with Crippen molar-refractivity contribution in [3.63, 3.8) is 0 Å². The van der Waals surface area contributed by atoms with Crippen LogP contribution in [0.5, 0.6) is 0 Å². The molecule has 1 unspecified atom stereocenters. The standard InChI is InChI=1S/C28H38N4O3/c33-27(34)18-24(23-3-1-5-26(17-23)32-13-15-35-16-14-32)20-31-12-10-21(19-31)6-8-25-9-7-22-4-2-11-29-28(22)30-25/h1,3,5,7,9,17,21,24H,2,4,6,8,10-16,18-20H2,(H,29,30)(H,33,34)/t21-,24?/m1/s1. The van der Waals surface area contributed by atoms with Crippen molar-refractivity contribution in [3.8, 4) is 0 Å². The van der Waals surface area contributed by atoms with Gasteiger partial charge in [0.05, 0.1) is 19.6 Å². The molecule has 0 radical (unpaired) electrons. The third-order valence-electron chi connectivity index (χ3n) is 7.75. The first-order chi connectivity index (χ1) is 17.1. The van der Waals surface area contributed by atoms with Gasteiger partial charge < -0.3 is 25.0 Å². The number of morpholine rings is 1. The molecule has 0 aliphatic carbocycles. The average molecular weight is 479 g/mol. The van der Waals surface area contributed by atoms with Crippen LogP contribution in [0.4, 0.5) is 11.5 Å². The Kier molecular flexibility index (Phi) is 7.84. The number of aliphatic carboxylic acids is 1. The molecular weight excluding hydrogens is 440 g/mol. The summed E-state index contributed by atoms with van der Waals surface area (Å²) in [6.45, 7) is 7.17. The Hall–Kier alpha value is -2.64. The van der Waals surface area contributed by atoms with Gasteiger partial charge in [-0.1, -0.05) is 18.2 Å². The number of carboxylic acid groups (broad SMARTS) is 1. The number of pyridine rings is 1. The van der Waals surface area contributed by atoms with E-state index in [1.807, 2.05) is 0 Å². The number of benzene rings is 1. The zero-order valence-electron chi connectivity index (χ0n) is 20.6.